The second-order valence-electron chi connectivity index (χ2n) is 4.92. The Balaban J connectivity index is 1.63. The van der Waals surface area contributed by atoms with E-state index in [1.165, 1.54) is 0 Å². The van der Waals surface area contributed by atoms with E-state index in [0.717, 1.165) is 16.6 Å². The summed E-state index contributed by atoms with van der Waals surface area (Å²) in [5, 5.41) is 2.82. The molecular weight excluding hydrogens is 267 g/mol. The van der Waals surface area contributed by atoms with Crippen LogP contribution in [0.25, 0.3) is 0 Å². The van der Waals surface area contributed by atoms with Crippen molar-refractivity contribution < 1.29 is 9.53 Å². The van der Waals surface area contributed by atoms with Crippen molar-refractivity contribution in [2.45, 2.75) is 13.1 Å². The van der Waals surface area contributed by atoms with Crippen molar-refractivity contribution in [3.05, 3.63) is 64.6 Å². The second-order valence-corrected chi connectivity index (χ2v) is 4.92. The van der Waals surface area contributed by atoms with Crippen LogP contribution in [-0.2, 0) is 13.1 Å². The summed E-state index contributed by atoms with van der Waals surface area (Å²) in [6, 6.07) is 14.8. The molecule has 0 aliphatic carbocycles. The van der Waals surface area contributed by atoms with Gasteiger partial charge in [-0.15, -0.1) is 5.09 Å². The lowest BCUT2D eigenvalue weighted by Crippen LogP contribution is -2.28. The quantitative estimate of drug-likeness (QED) is 0.637. The Morgan fingerprint density at radius 2 is 1.67 bits per heavy atom. The molecule has 104 valence electrons. The van der Waals surface area contributed by atoms with Gasteiger partial charge in [0, 0.05) is 13.1 Å². The molecule has 0 fully saturated rings. The van der Waals surface area contributed by atoms with Gasteiger partial charge in [0.25, 0.3) is 0 Å². The lowest BCUT2D eigenvalue weighted by Gasteiger charge is -2.15. The zero-order valence-corrected chi connectivity index (χ0v) is 11.4. The molecule has 1 aliphatic rings. The van der Waals surface area contributed by atoms with Crippen LogP contribution in [-0.4, -0.2) is 18.4 Å². The van der Waals surface area contributed by atoms with Crippen molar-refractivity contribution in [3.8, 4) is 5.75 Å². The van der Waals surface area contributed by atoms with Crippen molar-refractivity contribution in [1.29, 1.82) is 0 Å². The van der Waals surface area contributed by atoms with E-state index in [9.17, 15) is 9.70 Å². The van der Waals surface area contributed by atoms with Crippen LogP contribution in [0.5, 0.6) is 5.75 Å². The van der Waals surface area contributed by atoms with Gasteiger partial charge in [-0.2, -0.15) is 4.91 Å². The Morgan fingerprint density at radius 3 is 2.24 bits per heavy atom. The van der Waals surface area contributed by atoms with E-state index in [4.69, 9.17) is 4.74 Å². The molecule has 21 heavy (non-hydrogen) atoms. The van der Waals surface area contributed by atoms with E-state index in [1.54, 1.807) is 29.2 Å². The summed E-state index contributed by atoms with van der Waals surface area (Å²) in [5.74, 6) is 0.464. The first-order valence-corrected chi connectivity index (χ1v) is 6.68. The van der Waals surface area contributed by atoms with E-state index in [2.05, 4.69) is 5.09 Å². The lowest BCUT2D eigenvalue weighted by molar-refractivity contribution is 0.152. The highest BCUT2D eigenvalue weighted by Gasteiger charge is 2.24. The van der Waals surface area contributed by atoms with Crippen LogP contribution >= 0.6 is 0 Å². The summed E-state index contributed by atoms with van der Waals surface area (Å²) < 4.78 is 5.34. The minimum atomic E-state index is -0.368. The number of hydrogen-bond donors (Lipinski definition) is 0. The Labute approximate surface area is 122 Å². The summed E-state index contributed by atoms with van der Waals surface area (Å²) in [6.07, 6.45) is -0.368. The number of nitrogens with zero attached hydrogens (tertiary/aromatic N) is 2. The van der Waals surface area contributed by atoms with Crippen molar-refractivity contribution in [1.82, 2.24) is 4.90 Å². The van der Waals surface area contributed by atoms with Crippen LogP contribution < -0.4 is 10.2 Å². The Morgan fingerprint density at radius 1 is 1.05 bits per heavy atom. The number of carbonyl (C=O) groups excluding carboxylic acids is 1. The zero-order valence-electron chi connectivity index (χ0n) is 11.4. The highest BCUT2D eigenvalue weighted by atomic mass is 16.6. The fourth-order valence-electron chi connectivity index (χ4n) is 2.37. The summed E-state index contributed by atoms with van der Waals surface area (Å²) >= 11 is 0. The summed E-state index contributed by atoms with van der Waals surface area (Å²) in [7, 11) is 0.121. The lowest BCUT2D eigenvalue weighted by atomic mass is 9.85. The fourth-order valence-corrected chi connectivity index (χ4v) is 2.37. The number of nitroso groups, excluding NO2 is 1. The number of benzene rings is 2. The van der Waals surface area contributed by atoms with Crippen LogP contribution in [0.1, 0.15) is 11.1 Å². The maximum atomic E-state index is 12.1. The monoisotopic (exact) mass is 280 g/mol. The van der Waals surface area contributed by atoms with Crippen molar-refractivity contribution in [2.24, 2.45) is 5.09 Å². The van der Waals surface area contributed by atoms with Gasteiger partial charge < -0.3 is 4.74 Å². The van der Waals surface area contributed by atoms with Gasteiger partial charge in [0.05, 0.1) is 0 Å². The van der Waals surface area contributed by atoms with E-state index in [0.29, 0.717) is 18.8 Å². The maximum absolute atomic E-state index is 12.1. The van der Waals surface area contributed by atoms with Gasteiger partial charge in [-0.3, -0.25) is 4.90 Å². The molecule has 1 aliphatic heterocycles. The van der Waals surface area contributed by atoms with Crippen molar-refractivity contribution in [2.75, 3.05) is 0 Å². The standard InChI is InChI=1S/C15H13BN2O3/c19-15(18-9-11-3-1-2-4-12(11)10-18)21-14-7-5-13(6-8-14)16-17-20/h1-8,16H,9-10H2. The molecule has 0 unspecified atom stereocenters. The number of amides is 1. The first-order chi connectivity index (χ1) is 10.3. The van der Waals surface area contributed by atoms with E-state index < -0.39 is 0 Å². The predicted octanol–water partition coefficient (Wildman–Crippen LogP) is 1.94. The van der Waals surface area contributed by atoms with Gasteiger partial charge in [0.2, 0.25) is 0 Å². The first kappa shape index (κ1) is 13.4. The number of carbonyl (C=O) groups is 1. The average molecular weight is 280 g/mol. The van der Waals surface area contributed by atoms with Crippen LogP contribution in [0, 0.1) is 4.91 Å². The minimum absolute atomic E-state index is 0.121. The molecule has 0 saturated heterocycles. The van der Waals surface area contributed by atoms with E-state index >= 15 is 0 Å². The molecule has 5 nitrogen and oxygen atoms in total. The average Bonchev–Trinajstić information content (AvgIpc) is 2.94. The first-order valence-electron chi connectivity index (χ1n) is 6.68. The molecule has 1 heterocycles. The third-order valence-corrected chi connectivity index (χ3v) is 3.47. The molecule has 2 aromatic rings. The molecule has 0 atom stereocenters. The number of ether oxygens (including phenoxy) is 1. The van der Waals surface area contributed by atoms with Crippen molar-refractivity contribution in [3.63, 3.8) is 0 Å². The van der Waals surface area contributed by atoms with Crippen LogP contribution in [0.2, 0.25) is 0 Å². The van der Waals surface area contributed by atoms with Crippen molar-refractivity contribution >= 4 is 19.0 Å². The molecule has 0 N–H and O–H groups in total. The third kappa shape index (κ3) is 2.94. The Bertz CT molecular complexity index is 648. The maximum Gasteiger partial charge on any atom is 0.415 e. The molecule has 0 saturated carbocycles. The highest BCUT2D eigenvalue weighted by molar-refractivity contribution is 6.51. The Hall–Kier alpha value is -2.63. The van der Waals surface area contributed by atoms with Gasteiger partial charge in [-0.1, -0.05) is 41.9 Å². The molecular formula is C15H13BN2O3. The van der Waals surface area contributed by atoms with Crippen LogP contribution in [0.3, 0.4) is 0 Å². The van der Waals surface area contributed by atoms with Gasteiger partial charge >= 0.3 is 13.5 Å². The summed E-state index contributed by atoms with van der Waals surface area (Å²) in [6.45, 7) is 1.14. The SMILES string of the molecule is O=NBc1ccc(OC(=O)N2Cc3ccccc3C2)cc1. The third-order valence-electron chi connectivity index (χ3n) is 3.47. The summed E-state index contributed by atoms with van der Waals surface area (Å²) in [5.41, 5.74) is 3.10. The van der Waals surface area contributed by atoms with Gasteiger partial charge in [-0.25, -0.2) is 4.79 Å². The Kier molecular flexibility index (Phi) is 3.68. The number of fused-ring (bicyclic) bond motifs is 1. The minimum Gasteiger partial charge on any atom is -0.410 e. The van der Waals surface area contributed by atoms with Gasteiger partial charge in [0.1, 0.15) is 5.75 Å². The smallest absolute Gasteiger partial charge is 0.410 e. The van der Waals surface area contributed by atoms with E-state index in [1.807, 2.05) is 24.3 Å². The largest absolute Gasteiger partial charge is 0.415 e. The van der Waals surface area contributed by atoms with Gasteiger partial charge in [0.15, 0.2) is 0 Å². The van der Waals surface area contributed by atoms with Gasteiger partial charge in [-0.05, 0) is 23.3 Å². The van der Waals surface area contributed by atoms with Crippen LogP contribution in [0.15, 0.2) is 53.6 Å². The molecule has 3 rings (SSSR count). The molecule has 0 bridgehead atoms. The molecule has 0 aromatic heterocycles. The topological polar surface area (TPSA) is 59.0 Å². The molecule has 2 aromatic carbocycles. The van der Waals surface area contributed by atoms with E-state index in [-0.39, 0.29) is 13.5 Å². The highest BCUT2D eigenvalue weighted by Crippen LogP contribution is 2.23. The fraction of sp³-hybridized carbons (Fsp3) is 0.133. The molecule has 6 heteroatoms. The number of rotatable bonds is 3. The molecule has 0 spiro atoms. The molecule has 1 amide bonds. The second kappa shape index (κ2) is 5.79. The predicted molar refractivity (Wildman–Crippen MR) is 80.7 cm³/mol. The van der Waals surface area contributed by atoms with Crippen LogP contribution in [0.4, 0.5) is 4.79 Å². The zero-order chi connectivity index (χ0) is 14.7. The normalized spacial score (nSPS) is 12.7. The molecule has 0 radical (unpaired) electrons. The summed E-state index contributed by atoms with van der Waals surface area (Å²) in [4.78, 5) is 24.0. The number of hydrogen-bond acceptors (Lipinski definition) is 4.